The molecule has 0 bridgehead atoms. The number of ether oxygens (including phenoxy) is 1. The Bertz CT molecular complexity index is 1440. The number of sulfone groups is 1. The Morgan fingerprint density at radius 2 is 1.94 bits per heavy atom. The summed E-state index contributed by atoms with van der Waals surface area (Å²) >= 11 is 0. The predicted octanol–water partition coefficient (Wildman–Crippen LogP) is 3.63. The monoisotopic (exact) mass is 496 g/mol. The highest BCUT2D eigenvalue weighted by Gasteiger charge is 2.24. The summed E-state index contributed by atoms with van der Waals surface area (Å²) in [6, 6.07) is 9.33. The fraction of sp³-hybridized carbons (Fsp3) is 0.417. The van der Waals surface area contributed by atoms with Crippen molar-refractivity contribution in [1.29, 1.82) is 0 Å². The molecular weight excluding hydrogens is 468 g/mol. The second kappa shape index (κ2) is 9.29. The molecule has 1 aliphatic rings. The van der Waals surface area contributed by atoms with Crippen molar-refractivity contribution in [3.05, 3.63) is 48.7 Å². The number of hydrogen-bond acceptors (Lipinski definition) is 9. The van der Waals surface area contributed by atoms with Gasteiger partial charge < -0.3 is 18.7 Å². The molecule has 0 N–H and O–H groups in total. The number of fused-ring (bicyclic) bond motifs is 1. The lowest BCUT2D eigenvalue weighted by Gasteiger charge is -2.30. The molecule has 184 valence electrons. The zero-order valence-electron chi connectivity index (χ0n) is 20.0. The fourth-order valence-corrected chi connectivity index (χ4v) is 4.83. The van der Waals surface area contributed by atoms with E-state index in [1.54, 1.807) is 24.3 Å². The first-order valence-corrected chi connectivity index (χ1v) is 13.5. The highest BCUT2D eigenvalue weighted by Crippen LogP contribution is 2.26. The first kappa shape index (κ1) is 23.3. The molecule has 4 heterocycles. The van der Waals surface area contributed by atoms with Gasteiger partial charge in [0, 0.05) is 42.9 Å². The second-order valence-electron chi connectivity index (χ2n) is 9.22. The molecule has 0 aliphatic carbocycles. The SMILES string of the molecule is CC(C)c1noc(N2CCC(COc3cc(-n4ccc5cc(S(C)(=O)=O)ccc54)ncn3)CC2)n1. The van der Waals surface area contributed by atoms with Gasteiger partial charge in [-0.2, -0.15) is 4.98 Å². The van der Waals surface area contributed by atoms with Gasteiger partial charge in [-0.3, -0.25) is 0 Å². The lowest BCUT2D eigenvalue weighted by molar-refractivity contribution is 0.213. The zero-order chi connectivity index (χ0) is 24.6. The number of rotatable bonds is 7. The van der Waals surface area contributed by atoms with Crippen LogP contribution in [0.4, 0.5) is 6.01 Å². The fourth-order valence-electron chi connectivity index (χ4n) is 4.18. The second-order valence-corrected chi connectivity index (χ2v) is 11.2. The highest BCUT2D eigenvalue weighted by atomic mass is 32.2. The van der Waals surface area contributed by atoms with Gasteiger partial charge in [-0.25, -0.2) is 18.4 Å². The summed E-state index contributed by atoms with van der Waals surface area (Å²) in [5.74, 6) is 2.54. The molecule has 0 amide bonds. The number of nitrogens with zero attached hydrogens (tertiary/aromatic N) is 6. The van der Waals surface area contributed by atoms with Crippen molar-refractivity contribution < 1.29 is 17.7 Å². The van der Waals surface area contributed by atoms with Crippen LogP contribution in [-0.2, 0) is 9.84 Å². The van der Waals surface area contributed by atoms with E-state index in [0.29, 0.717) is 35.1 Å². The third-order valence-electron chi connectivity index (χ3n) is 6.26. The Kier molecular flexibility index (Phi) is 6.18. The summed E-state index contributed by atoms with van der Waals surface area (Å²) in [6.07, 6.45) is 6.47. The van der Waals surface area contributed by atoms with Crippen LogP contribution in [0.5, 0.6) is 5.88 Å². The van der Waals surface area contributed by atoms with E-state index in [4.69, 9.17) is 9.26 Å². The van der Waals surface area contributed by atoms with Crippen LogP contribution in [0.25, 0.3) is 16.7 Å². The standard InChI is InChI=1S/C24H28N6O4S/c1-16(2)23-27-24(34-28-23)29-9-6-17(7-10-29)14-33-22-13-21(25-15-26-22)30-11-8-18-12-19(35(3,31)32)4-5-20(18)30/h4-5,8,11-13,15-17H,6-7,9-10,14H2,1-3H3. The van der Waals surface area contributed by atoms with Gasteiger partial charge in [0.05, 0.1) is 17.0 Å². The Morgan fingerprint density at radius 1 is 1.14 bits per heavy atom. The van der Waals surface area contributed by atoms with Crippen LogP contribution >= 0.6 is 0 Å². The van der Waals surface area contributed by atoms with Crippen LogP contribution in [0.15, 0.2) is 52.3 Å². The van der Waals surface area contributed by atoms with Gasteiger partial charge in [0.15, 0.2) is 15.7 Å². The molecule has 1 saturated heterocycles. The molecule has 11 heteroatoms. The third-order valence-corrected chi connectivity index (χ3v) is 7.37. The minimum absolute atomic E-state index is 0.241. The van der Waals surface area contributed by atoms with Crippen LogP contribution < -0.4 is 9.64 Å². The lowest BCUT2D eigenvalue weighted by atomic mass is 9.98. The number of anilines is 1. The summed E-state index contributed by atoms with van der Waals surface area (Å²) in [5.41, 5.74) is 0.857. The first-order chi connectivity index (χ1) is 16.8. The van der Waals surface area contributed by atoms with E-state index >= 15 is 0 Å². The van der Waals surface area contributed by atoms with Crippen LogP contribution in [0.3, 0.4) is 0 Å². The topological polar surface area (TPSA) is 116 Å². The number of hydrogen-bond donors (Lipinski definition) is 0. The third kappa shape index (κ3) is 5.00. The van der Waals surface area contributed by atoms with Gasteiger partial charge in [-0.15, -0.1) is 0 Å². The summed E-state index contributed by atoms with van der Waals surface area (Å²) < 4.78 is 37.1. The molecule has 0 unspecified atom stereocenters. The molecule has 35 heavy (non-hydrogen) atoms. The normalized spacial score (nSPS) is 15.3. The van der Waals surface area contributed by atoms with Crippen molar-refractivity contribution in [3.63, 3.8) is 0 Å². The lowest BCUT2D eigenvalue weighted by Crippen LogP contribution is -2.35. The van der Waals surface area contributed by atoms with Crippen LogP contribution in [0.2, 0.25) is 0 Å². The minimum atomic E-state index is -3.27. The number of benzene rings is 1. The number of piperidine rings is 1. The largest absolute Gasteiger partial charge is 0.477 e. The highest BCUT2D eigenvalue weighted by molar-refractivity contribution is 7.90. The average molecular weight is 497 g/mol. The Balaban J connectivity index is 1.22. The molecule has 1 aromatic carbocycles. The molecule has 3 aromatic heterocycles. The van der Waals surface area contributed by atoms with Crippen LogP contribution in [0, 0.1) is 5.92 Å². The van der Waals surface area contributed by atoms with Gasteiger partial charge in [0.25, 0.3) is 0 Å². The van der Waals surface area contributed by atoms with E-state index < -0.39 is 9.84 Å². The average Bonchev–Trinajstić information content (AvgIpc) is 3.50. The maximum Gasteiger partial charge on any atom is 0.324 e. The maximum atomic E-state index is 11.9. The van der Waals surface area contributed by atoms with Gasteiger partial charge in [-0.05, 0) is 43.0 Å². The van der Waals surface area contributed by atoms with E-state index in [-0.39, 0.29) is 5.92 Å². The summed E-state index contributed by atoms with van der Waals surface area (Å²) in [7, 11) is -3.27. The van der Waals surface area contributed by atoms with Crippen molar-refractivity contribution in [1.82, 2.24) is 24.7 Å². The van der Waals surface area contributed by atoms with Crippen molar-refractivity contribution in [3.8, 4) is 11.7 Å². The van der Waals surface area contributed by atoms with Crippen molar-refractivity contribution in [2.75, 3.05) is 30.9 Å². The molecule has 0 radical (unpaired) electrons. The van der Waals surface area contributed by atoms with Gasteiger partial charge in [0.2, 0.25) is 5.88 Å². The van der Waals surface area contributed by atoms with Gasteiger partial charge in [-0.1, -0.05) is 19.0 Å². The van der Waals surface area contributed by atoms with Crippen molar-refractivity contribution in [2.24, 2.45) is 5.92 Å². The van der Waals surface area contributed by atoms with E-state index in [1.165, 1.54) is 12.6 Å². The van der Waals surface area contributed by atoms with Gasteiger partial charge in [0.1, 0.15) is 12.1 Å². The molecule has 1 fully saturated rings. The summed E-state index contributed by atoms with van der Waals surface area (Å²) in [6.45, 7) is 6.34. The minimum Gasteiger partial charge on any atom is -0.477 e. The van der Waals surface area contributed by atoms with Crippen LogP contribution in [0.1, 0.15) is 38.4 Å². The first-order valence-electron chi connectivity index (χ1n) is 11.6. The molecule has 4 aromatic rings. The molecule has 0 spiro atoms. The van der Waals surface area contributed by atoms with Gasteiger partial charge >= 0.3 is 6.01 Å². The van der Waals surface area contributed by atoms with Crippen molar-refractivity contribution >= 4 is 26.8 Å². The molecule has 10 nitrogen and oxygen atoms in total. The maximum absolute atomic E-state index is 11.9. The Morgan fingerprint density at radius 3 is 2.66 bits per heavy atom. The quantitative estimate of drug-likeness (QED) is 0.378. The Labute approximate surface area is 203 Å². The van der Waals surface area contributed by atoms with E-state index in [9.17, 15) is 8.42 Å². The van der Waals surface area contributed by atoms with Crippen molar-refractivity contribution in [2.45, 2.75) is 37.5 Å². The van der Waals surface area contributed by atoms with E-state index in [0.717, 1.165) is 42.7 Å². The van der Waals surface area contributed by atoms with Crippen LogP contribution in [-0.4, -0.2) is 59.0 Å². The molecule has 0 atom stereocenters. The molecule has 1 aliphatic heterocycles. The van der Waals surface area contributed by atoms with E-state index in [2.05, 4.69) is 25.0 Å². The molecule has 0 saturated carbocycles. The molecule has 5 rings (SSSR count). The number of aromatic nitrogens is 5. The summed E-state index contributed by atoms with van der Waals surface area (Å²) in [5, 5.41) is 4.88. The predicted molar refractivity (Wildman–Crippen MR) is 131 cm³/mol. The smallest absolute Gasteiger partial charge is 0.324 e. The zero-order valence-corrected chi connectivity index (χ0v) is 20.8. The van der Waals surface area contributed by atoms with E-state index in [1.807, 2.05) is 30.7 Å². The summed E-state index contributed by atoms with van der Waals surface area (Å²) in [4.78, 5) is 15.6. The Hall–Kier alpha value is -3.47. The molecular formula is C24H28N6O4S.